The molecule has 1 saturated heterocycles. The standard InChI is InChI=1S/C15H31N3O2/c1-4-18-9-6-5-7-13(18)11-16-14(20)17-12-15(2,3)8-10-19/h13,19H,4-12H2,1-3H3,(H2,16,17,20). The number of rotatable bonds is 7. The SMILES string of the molecule is CCN1CCCCC1CNC(=O)NCC(C)(C)CCO. The molecule has 0 bridgehead atoms. The molecule has 1 heterocycles. The second kappa shape index (κ2) is 8.47. The first-order valence-corrected chi connectivity index (χ1v) is 7.85. The van der Waals surface area contributed by atoms with E-state index in [2.05, 4.69) is 22.5 Å². The Bertz CT molecular complexity index is 295. The van der Waals surface area contributed by atoms with Gasteiger partial charge in [0.1, 0.15) is 0 Å². The summed E-state index contributed by atoms with van der Waals surface area (Å²) in [5.74, 6) is 0. The highest BCUT2D eigenvalue weighted by molar-refractivity contribution is 5.73. The lowest BCUT2D eigenvalue weighted by Gasteiger charge is -2.35. The van der Waals surface area contributed by atoms with Crippen LogP contribution in [0.5, 0.6) is 0 Å². The molecular weight excluding hydrogens is 254 g/mol. The second-order valence-corrected chi connectivity index (χ2v) is 6.48. The molecule has 1 unspecified atom stereocenters. The van der Waals surface area contributed by atoms with Crippen molar-refractivity contribution in [1.82, 2.24) is 15.5 Å². The smallest absolute Gasteiger partial charge is 0.314 e. The van der Waals surface area contributed by atoms with Crippen molar-refractivity contribution in [2.24, 2.45) is 5.41 Å². The predicted molar refractivity (Wildman–Crippen MR) is 81.8 cm³/mol. The number of likely N-dealkylation sites (tertiary alicyclic amines) is 1. The Hall–Kier alpha value is -0.810. The van der Waals surface area contributed by atoms with Crippen LogP contribution in [0.1, 0.15) is 46.5 Å². The monoisotopic (exact) mass is 285 g/mol. The van der Waals surface area contributed by atoms with Crippen LogP contribution in [-0.4, -0.2) is 54.9 Å². The van der Waals surface area contributed by atoms with Crippen LogP contribution in [0.15, 0.2) is 0 Å². The van der Waals surface area contributed by atoms with Crippen LogP contribution in [0.3, 0.4) is 0 Å². The average molecular weight is 285 g/mol. The van der Waals surface area contributed by atoms with E-state index in [9.17, 15) is 4.79 Å². The zero-order valence-electron chi connectivity index (χ0n) is 13.2. The van der Waals surface area contributed by atoms with Crippen LogP contribution in [0.2, 0.25) is 0 Å². The minimum absolute atomic E-state index is 0.0631. The highest BCUT2D eigenvalue weighted by Crippen LogP contribution is 2.18. The van der Waals surface area contributed by atoms with Gasteiger partial charge in [-0.3, -0.25) is 4.90 Å². The molecule has 5 nitrogen and oxygen atoms in total. The van der Waals surface area contributed by atoms with Gasteiger partial charge in [-0.1, -0.05) is 27.2 Å². The molecule has 1 aliphatic heterocycles. The lowest BCUT2D eigenvalue weighted by Crippen LogP contribution is -2.49. The van der Waals surface area contributed by atoms with Crippen LogP contribution in [0.25, 0.3) is 0 Å². The normalized spacial score (nSPS) is 20.7. The molecule has 20 heavy (non-hydrogen) atoms. The minimum atomic E-state index is -0.0994. The molecular formula is C15H31N3O2. The van der Waals surface area contributed by atoms with Gasteiger partial charge in [-0.2, -0.15) is 0 Å². The maximum Gasteiger partial charge on any atom is 0.314 e. The molecule has 1 rings (SSSR count). The number of nitrogens with one attached hydrogen (secondary N) is 2. The van der Waals surface area contributed by atoms with Crippen molar-refractivity contribution in [3.05, 3.63) is 0 Å². The van der Waals surface area contributed by atoms with Gasteiger partial charge >= 0.3 is 6.03 Å². The van der Waals surface area contributed by atoms with E-state index in [1.165, 1.54) is 19.3 Å². The van der Waals surface area contributed by atoms with E-state index in [-0.39, 0.29) is 18.1 Å². The number of nitrogens with zero attached hydrogens (tertiary/aromatic N) is 1. The Morgan fingerprint density at radius 1 is 1.35 bits per heavy atom. The van der Waals surface area contributed by atoms with Crippen molar-refractivity contribution in [2.75, 3.05) is 32.8 Å². The number of hydrogen-bond donors (Lipinski definition) is 3. The molecule has 1 atom stereocenters. The molecule has 5 heteroatoms. The fraction of sp³-hybridized carbons (Fsp3) is 0.933. The molecule has 0 spiro atoms. The second-order valence-electron chi connectivity index (χ2n) is 6.48. The first-order chi connectivity index (χ1) is 9.48. The van der Waals surface area contributed by atoms with E-state index in [0.717, 1.165) is 19.6 Å². The highest BCUT2D eigenvalue weighted by atomic mass is 16.3. The van der Waals surface area contributed by atoms with Gasteiger partial charge in [-0.25, -0.2) is 4.79 Å². The number of piperidine rings is 1. The van der Waals surface area contributed by atoms with Crippen LogP contribution >= 0.6 is 0 Å². The third-order valence-corrected chi connectivity index (χ3v) is 4.17. The number of carbonyl (C=O) groups is 1. The summed E-state index contributed by atoms with van der Waals surface area (Å²) >= 11 is 0. The third-order valence-electron chi connectivity index (χ3n) is 4.17. The van der Waals surface area contributed by atoms with Crippen molar-refractivity contribution < 1.29 is 9.90 Å². The van der Waals surface area contributed by atoms with E-state index < -0.39 is 0 Å². The zero-order chi connectivity index (χ0) is 15.0. The predicted octanol–water partition coefficient (Wildman–Crippen LogP) is 1.57. The molecule has 0 aromatic carbocycles. The number of aliphatic hydroxyl groups is 1. The summed E-state index contributed by atoms with van der Waals surface area (Å²) in [5.41, 5.74) is -0.0631. The van der Waals surface area contributed by atoms with Crippen molar-refractivity contribution >= 4 is 6.03 Å². The molecule has 0 aromatic heterocycles. The van der Waals surface area contributed by atoms with E-state index in [1.807, 2.05) is 13.8 Å². The Balaban J connectivity index is 2.25. The number of amides is 2. The fourth-order valence-electron chi connectivity index (χ4n) is 2.69. The zero-order valence-corrected chi connectivity index (χ0v) is 13.2. The molecule has 0 radical (unpaired) electrons. The maximum atomic E-state index is 11.8. The van der Waals surface area contributed by atoms with Gasteiger partial charge in [-0.15, -0.1) is 0 Å². The van der Waals surface area contributed by atoms with Gasteiger partial charge in [0.05, 0.1) is 0 Å². The van der Waals surface area contributed by atoms with Crippen molar-refractivity contribution in [1.29, 1.82) is 0 Å². The summed E-state index contributed by atoms with van der Waals surface area (Å²) < 4.78 is 0. The summed E-state index contributed by atoms with van der Waals surface area (Å²) in [6.07, 6.45) is 4.39. The molecule has 0 aromatic rings. The number of hydrogen-bond acceptors (Lipinski definition) is 3. The Kier molecular flexibility index (Phi) is 7.30. The molecule has 2 amide bonds. The Morgan fingerprint density at radius 3 is 2.75 bits per heavy atom. The fourth-order valence-corrected chi connectivity index (χ4v) is 2.69. The summed E-state index contributed by atoms with van der Waals surface area (Å²) in [5, 5.41) is 14.8. The van der Waals surface area contributed by atoms with Gasteiger partial charge < -0.3 is 15.7 Å². The summed E-state index contributed by atoms with van der Waals surface area (Å²) in [4.78, 5) is 14.3. The van der Waals surface area contributed by atoms with Crippen LogP contribution < -0.4 is 10.6 Å². The molecule has 3 N–H and O–H groups in total. The van der Waals surface area contributed by atoms with Crippen LogP contribution in [0.4, 0.5) is 4.79 Å². The van der Waals surface area contributed by atoms with Gasteiger partial charge in [-0.05, 0) is 37.8 Å². The van der Waals surface area contributed by atoms with Crippen LogP contribution in [-0.2, 0) is 0 Å². The Labute approximate surface area is 123 Å². The first-order valence-electron chi connectivity index (χ1n) is 7.85. The summed E-state index contributed by atoms with van der Waals surface area (Å²) in [7, 11) is 0. The first kappa shape index (κ1) is 17.2. The number of likely N-dealkylation sites (N-methyl/N-ethyl adjacent to an activating group) is 1. The topological polar surface area (TPSA) is 64.6 Å². The van der Waals surface area contributed by atoms with Gasteiger partial charge in [0.25, 0.3) is 0 Å². The number of aliphatic hydroxyl groups excluding tert-OH is 1. The molecule has 118 valence electrons. The number of carbonyl (C=O) groups excluding carboxylic acids is 1. The molecule has 1 aliphatic rings. The van der Waals surface area contributed by atoms with E-state index in [1.54, 1.807) is 0 Å². The average Bonchev–Trinajstić information content (AvgIpc) is 2.43. The molecule has 0 aliphatic carbocycles. The van der Waals surface area contributed by atoms with Gasteiger partial charge in [0, 0.05) is 25.7 Å². The highest BCUT2D eigenvalue weighted by Gasteiger charge is 2.22. The van der Waals surface area contributed by atoms with Crippen LogP contribution in [0, 0.1) is 5.41 Å². The van der Waals surface area contributed by atoms with E-state index >= 15 is 0 Å². The van der Waals surface area contributed by atoms with E-state index in [4.69, 9.17) is 5.11 Å². The summed E-state index contributed by atoms with van der Waals surface area (Å²) in [6, 6.07) is 0.377. The largest absolute Gasteiger partial charge is 0.396 e. The molecule has 1 fully saturated rings. The van der Waals surface area contributed by atoms with Gasteiger partial charge in [0.2, 0.25) is 0 Å². The number of urea groups is 1. The molecule has 0 saturated carbocycles. The van der Waals surface area contributed by atoms with E-state index in [0.29, 0.717) is 19.0 Å². The lowest BCUT2D eigenvalue weighted by molar-refractivity contribution is 0.152. The maximum absolute atomic E-state index is 11.8. The third kappa shape index (κ3) is 6.09. The van der Waals surface area contributed by atoms with Gasteiger partial charge in [0.15, 0.2) is 0 Å². The quantitative estimate of drug-likeness (QED) is 0.665. The summed E-state index contributed by atoms with van der Waals surface area (Å²) in [6.45, 7) is 9.93. The lowest BCUT2D eigenvalue weighted by atomic mass is 9.90. The van der Waals surface area contributed by atoms with Crippen molar-refractivity contribution in [2.45, 2.75) is 52.5 Å². The van der Waals surface area contributed by atoms with Crippen molar-refractivity contribution in [3.8, 4) is 0 Å². The minimum Gasteiger partial charge on any atom is -0.396 e. The Morgan fingerprint density at radius 2 is 2.10 bits per heavy atom. The van der Waals surface area contributed by atoms with Crippen molar-refractivity contribution in [3.63, 3.8) is 0 Å².